The Morgan fingerprint density at radius 2 is 2.04 bits per heavy atom. The topological polar surface area (TPSA) is 54.9 Å². The smallest absolute Gasteiger partial charge is 0.191 e. The van der Waals surface area contributed by atoms with Crippen LogP contribution in [0.1, 0.15) is 31.7 Å². The number of aryl methyl sites for hydroxylation is 1. The van der Waals surface area contributed by atoms with Crippen molar-refractivity contribution in [1.29, 1.82) is 0 Å². The highest BCUT2D eigenvalue weighted by atomic mass is 35.5. The number of nitrogens with one attached hydrogen (secondary N) is 2. The van der Waals surface area contributed by atoms with Gasteiger partial charge >= 0.3 is 0 Å². The number of ether oxygens (including phenoxy) is 2. The molecule has 146 valence electrons. The van der Waals surface area contributed by atoms with Crippen molar-refractivity contribution in [3.8, 4) is 0 Å². The van der Waals surface area contributed by atoms with Gasteiger partial charge in [-0.1, -0.05) is 29.3 Å². The van der Waals surface area contributed by atoms with Gasteiger partial charge in [0, 0.05) is 56.3 Å². The Hall–Kier alpha value is -1.01. The lowest BCUT2D eigenvalue weighted by molar-refractivity contribution is -0.0828. The van der Waals surface area contributed by atoms with Gasteiger partial charge in [0.05, 0.1) is 12.1 Å². The molecule has 0 atom stereocenters. The summed E-state index contributed by atoms with van der Waals surface area (Å²) in [5.74, 6) is 0.817. The Morgan fingerprint density at radius 3 is 2.69 bits per heavy atom. The molecular weight excluding hydrogens is 373 g/mol. The maximum absolute atomic E-state index is 6.22. The van der Waals surface area contributed by atoms with Gasteiger partial charge in [-0.15, -0.1) is 0 Å². The molecule has 1 aliphatic heterocycles. The Labute approximate surface area is 166 Å². The molecule has 5 nitrogen and oxygen atoms in total. The highest BCUT2D eigenvalue weighted by Gasteiger charge is 2.32. The van der Waals surface area contributed by atoms with E-state index in [9.17, 15) is 0 Å². The first-order chi connectivity index (χ1) is 12.6. The highest BCUT2D eigenvalue weighted by Crippen LogP contribution is 2.25. The summed E-state index contributed by atoms with van der Waals surface area (Å²) in [5.41, 5.74) is 0.901. The first-order valence-corrected chi connectivity index (χ1v) is 9.93. The average molecular weight is 402 g/mol. The summed E-state index contributed by atoms with van der Waals surface area (Å²) in [7, 11) is 1.76. The quantitative estimate of drug-likeness (QED) is 0.396. The van der Waals surface area contributed by atoms with Crippen LogP contribution in [0.4, 0.5) is 0 Å². The van der Waals surface area contributed by atoms with Crippen molar-refractivity contribution in [2.75, 3.05) is 40.0 Å². The van der Waals surface area contributed by atoms with Crippen molar-refractivity contribution < 1.29 is 9.47 Å². The molecule has 0 unspecified atom stereocenters. The monoisotopic (exact) mass is 401 g/mol. The van der Waals surface area contributed by atoms with Crippen molar-refractivity contribution in [1.82, 2.24) is 10.6 Å². The molecule has 0 bridgehead atoms. The number of halogens is 2. The van der Waals surface area contributed by atoms with Crippen molar-refractivity contribution in [3.63, 3.8) is 0 Å². The summed E-state index contributed by atoms with van der Waals surface area (Å²) in [6.07, 6.45) is 3.60. The van der Waals surface area contributed by atoms with E-state index in [1.165, 1.54) is 0 Å². The Kier molecular flexibility index (Phi) is 8.99. The van der Waals surface area contributed by atoms with Crippen LogP contribution in [0.2, 0.25) is 10.0 Å². The predicted molar refractivity (Wildman–Crippen MR) is 109 cm³/mol. The zero-order chi connectivity index (χ0) is 18.8. The molecule has 1 fully saturated rings. The summed E-state index contributed by atoms with van der Waals surface area (Å²) in [5, 5.41) is 8.06. The Bertz CT molecular complexity index is 590. The second-order valence-corrected chi connectivity index (χ2v) is 7.30. The van der Waals surface area contributed by atoms with Crippen LogP contribution >= 0.6 is 23.2 Å². The number of benzene rings is 1. The molecule has 7 heteroatoms. The van der Waals surface area contributed by atoms with Gasteiger partial charge < -0.3 is 20.1 Å². The van der Waals surface area contributed by atoms with Crippen LogP contribution in [0.5, 0.6) is 0 Å². The third kappa shape index (κ3) is 6.62. The predicted octanol–water partition coefficient (Wildman–Crippen LogP) is 3.68. The first kappa shape index (κ1) is 21.3. The lowest BCUT2D eigenvalue weighted by Gasteiger charge is -2.34. The molecule has 0 radical (unpaired) electrons. The second-order valence-electron chi connectivity index (χ2n) is 6.46. The normalized spacial score (nSPS) is 17.2. The number of rotatable bonds is 8. The van der Waals surface area contributed by atoms with E-state index in [4.69, 9.17) is 37.7 Å². The lowest BCUT2D eigenvalue weighted by atomic mass is 9.94. The molecule has 0 spiro atoms. The van der Waals surface area contributed by atoms with Crippen LogP contribution in [-0.2, 0) is 15.9 Å². The van der Waals surface area contributed by atoms with Gasteiger partial charge in [-0.25, -0.2) is 0 Å². The molecule has 2 rings (SSSR count). The molecule has 0 aliphatic carbocycles. The summed E-state index contributed by atoms with van der Waals surface area (Å²) < 4.78 is 11.2. The largest absolute Gasteiger partial charge is 0.381 e. The van der Waals surface area contributed by atoms with Crippen LogP contribution in [-0.4, -0.2) is 51.5 Å². The Balaban J connectivity index is 1.83. The van der Waals surface area contributed by atoms with E-state index in [1.807, 2.05) is 12.1 Å². The standard InChI is InChI=1S/C19H29Cl2N3O2/c1-3-22-18(24-14-19(25-2)8-11-26-12-9-19)23-10-4-5-15-6-7-16(20)13-17(15)21/h6-7,13H,3-5,8-12,14H2,1-2H3,(H2,22,23,24). The molecule has 2 N–H and O–H groups in total. The third-order valence-corrected chi connectivity index (χ3v) is 5.22. The van der Waals surface area contributed by atoms with E-state index >= 15 is 0 Å². The lowest BCUT2D eigenvalue weighted by Crippen LogP contribution is -2.44. The molecule has 1 heterocycles. The number of nitrogens with zero attached hydrogens (tertiary/aromatic N) is 1. The van der Waals surface area contributed by atoms with Gasteiger partial charge in [0.2, 0.25) is 0 Å². The van der Waals surface area contributed by atoms with E-state index in [0.29, 0.717) is 11.6 Å². The molecule has 0 saturated carbocycles. The minimum atomic E-state index is -0.211. The zero-order valence-corrected chi connectivity index (χ0v) is 17.1. The van der Waals surface area contributed by atoms with Crippen LogP contribution in [0.15, 0.2) is 23.2 Å². The molecule has 1 saturated heterocycles. The fraction of sp³-hybridized carbons (Fsp3) is 0.632. The Morgan fingerprint density at radius 1 is 1.27 bits per heavy atom. The molecule has 0 amide bonds. The van der Waals surface area contributed by atoms with E-state index < -0.39 is 0 Å². The fourth-order valence-electron chi connectivity index (χ4n) is 2.95. The van der Waals surface area contributed by atoms with Gasteiger partial charge in [-0.2, -0.15) is 0 Å². The summed E-state index contributed by atoms with van der Waals surface area (Å²) in [4.78, 5) is 4.72. The highest BCUT2D eigenvalue weighted by molar-refractivity contribution is 6.35. The second kappa shape index (κ2) is 11.0. The first-order valence-electron chi connectivity index (χ1n) is 9.17. The minimum Gasteiger partial charge on any atom is -0.381 e. The number of hydrogen-bond acceptors (Lipinski definition) is 3. The molecular formula is C19H29Cl2N3O2. The van der Waals surface area contributed by atoms with Crippen molar-refractivity contribution in [3.05, 3.63) is 33.8 Å². The van der Waals surface area contributed by atoms with E-state index in [0.717, 1.165) is 68.5 Å². The average Bonchev–Trinajstić information content (AvgIpc) is 2.65. The summed E-state index contributed by atoms with van der Waals surface area (Å²) in [6, 6.07) is 5.65. The van der Waals surface area contributed by atoms with Crippen molar-refractivity contribution >= 4 is 29.2 Å². The van der Waals surface area contributed by atoms with Crippen LogP contribution in [0.3, 0.4) is 0 Å². The summed E-state index contributed by atoms with van der Waals surface area (Å²) in [6.45, 7) is 5.78. The van der Waals surface area contributed by atoms with E-state index in [2.05, 4.69) is 17.6 Å². The van der Waals surface area contributed by atoms with E-state index in [-0.39, 0.29) is 5.60 Å². The maximum atomic E-state index is 6.22. The van der Waals surface area contributed by atoms with Crippen LogP contribution in [0, 0.1) is 0 Å². The fourth-order valence-corrected chi connectivity index (χ4v) is 3.45. The molecule has 1 aromatic carbocycles. The van der Waals surface area contributed by atoms with Crippen molar-refractivity contribution in [2.45, 2.75) is 38.2 Å². The number of methoxy groups -OCH3 is 1. The third-order valence-electron chi connectivity index (χ3n) is 4.64. The van der Waals surface area contributed by atoms with Gasteiger partial charge in [0.15, 0.2) is 5.96 Å². The molecule has 0 aromatic heterocycles. The van der Waals surface area contributed by atoms with Gasteiger partial charge in [-0.05, 0) is 37.5 Å². The van der Waals surface area contributed by atoms with E-state index in [1.54, 1.807) is 13.2 Å². The number of guanidine groups is 1. The number of hydrogen-bond donors (Lipinski definition) is 2. The van der Waals surface area contributed by atoms with Crippen LogP contribution < -0.4 is 10.6 Å². The maximum Gasteiger partial charge on any atom is 0.191 e. The molecule has 26 heavy (non-hydrogen) atoms. The number of aliphatic imine (C=N–C) groups is 1. The minimum absolute atomic E-state index is 0.211. The zero-order valence-electron chi connectivity index (χ0n) is 15.6. The SMILES string of the molecule is CCNC(=NCC1(OC)CCOCC1)NCCCc1ccc(Cl)cc1Cl. The molecule has 1 aromatic rings. The van der Waals surface area contributed by atoms with Gasteiger partial charge in [0.1, 0.15) is 0 Å². The van der Waals surface area contributed by atoms with Crippen LogP contribution in [0.25, 0.3) is 0 Å². The summed E-state index contributed by atoms with van der Waals surface area (Å²) >= 11 is 12.2. The van der Waals surface area contributed by atoms with Gasteiger partial charge in [0.25, 0.3) is 0 Å². The van der Waals surface area contributed by atoms with Crippen molar-refractivity contribution in [2.24, 2.45) is 4.99 Å². The van der Waals surface area contributed by atoms with Gasteiger partial charge in [-0.3, -0.25) is 4.99 Å². The molecule has 1 aliphatic rings.